The van der Waals surface area contributed by atoms with Crippen LogP contribution >= 0.6 is 0 Å². The van der Waals surface area contributed by atoms with Gasteiger partial charge >= 0.3 is 5.97 Å². The molecule has 0 saturated carbocycles. The largest absolute Gasteiger partial charge is 0.493 e. The van der Waals surface area contributed by atoms with E-state index in [0.717, 1.165) is 28.1 Å². The first-order valence-electron chi connectivity index (χ1n) is 11.9. The Bertz CT molecular complexity index is 1380. The van der Waals surface area contributed by atoms with Gasteiger partial charge in [0.2, 0.25) is 12.5 Å². The van der Waals surface area contributed by atoms with E-state index in [1.165, 1.54) is 7.11 Å². The van der Waals surface area contributed by atoms with Gasteiger partial charge in [0.05, 0.1) is 45.2 Å². The highest BCUT2D eigenvalue weighted by Crippen LogP contribution is 2.52. The van der Waals surface area contributed by atoms with E-state index in [-0.39, 0.29) is 12.7 Å². The van der Waals surface area contributed by atoms with Crippen LogP contribution in [0.2, 0.25) is 0 Å². The molecule has 0 saturated heterocycles. The third-order valence-electron chi connectivity index (χ3n) is 7.28. The molecule has 0 radical (unpaired) electrons. The lowest BCUT2D eigenvalue weighted by molar-refractivity contribution is -0.143. The van der Waals surface area contributed by atoms with Crippen molar-refractivity contribution in [1.82, 2.24) is 0 Å². The molecule has 1 aliphatic carbocycles. The number of rotatable bonds is 6. The number of carboxylic acid groups (broad SMARTS) is 1. The molecule has 3 aromatic rings. The SMILES string of the molecule is COc1cc([C@@H]2c3cc4c(cc3C3=NN(c5ccccc5)C[C@H]3[C@@H]2C(=O)O)OCO4)cc(OC)c1OC. The second-order valence-electron chi connectivity index (χ2n) is 9.10. The van der Waals surface area contributed by atoms with E-state index < -0.39 is 17.8 Å². The zero-order chi connectivity index (χ0) is 25.7. The number of carboxylic acids is 1. The van der Waals surface area contributed by atoms with Crippen molar-refractivity contribution in [3.63, 3.8) is 0 Å². The van der Waals surface area contributed by atoms with E-state index in [2.05, 4.69) is 0 Å². The van der Waals surface area contributed by atoms with Gasteiger partial charge in [-0.25, -0.2) is 0 Å². The molecule has 37 heavy (non-hydrogen) atoms. The predicted octanol–water partition coefficient (Wildman–Crippen LogP) is 4.13. The Hall–Kier alpha value is -4.40. The second kappa shape index (κ2) is 8.92. The number of para-hydroxylation sites is 1. The summed E-state index contributed by atoms with van der Waals surface area (Å²) in [5.41, 5.74) is 4.02. The molecule has 9 heteroatoms. The van der Waals surface area contributed by atoms with Crippen molar-refractivity contribution in [1.29, 1.82) is 0 Å². The molecule has 2 aliphatic heterocycles. The van der Waals surface area contributed by atoms with Gasteiger partial charge in [-0.05, 0) is 47.5 Å². The maximum Gasteiger partial charge on any atom is 0.308 e. The number of benzene rings is 3. The molecule has 6 rings (SSSR count). The van der Waals surface area contributed by atoms with Gasteiger partial charge < -0.3 is 28.8 Å². The lowest BCUT2D eigenvalue weighted by atomic mass is 9.65. The Morgan fingerprint density at radius 2 is 1.65 bits per heavy atom. The predicted molar refractivity (Wildman–Crippen MR) is 135 cm³/mol. The van der Waals surface area contributed by atoms with Crippen LogP contribution in [-0.4, -0.2) is 51.5 Å². The number of anilines is 1. The lowest BCUT2D eigenvalue weighted by Crippen LogP contribution is -2.41. The number of hydrogen-bond donors (Lipinski definition) is 1. The quantitative estimate of drug-likeness (QED) is 0.537. The summed E-state index contributed by atoms with van der Waals surface area (Å²) in [4.78, 5) is 13.0. The fraction of sp³-hybridized carbons (Fsp3) is 0.286. The van der Waals surface area contributed by atoms with Gasteiger partial charge in [0.15, 0.2) is 23.0 Å². The van der Waals surface area contributed by atoms with E-state index in [9.17, 15) is 9.90 Å². The summed E-state index contributed by atoms with van der Waals surface area (Å²) in [6.45, 7) is 0.548. The van der Waals surface area contributed by atoms with Gasteiger partial charge in [0, 0.05) is 17.4 Å². The van der Waals surface area contributed by atoms with Gasteiger partial charge in [-0.1, -0.05) is 18.2 Å². The average Bonchev–Trinajstić information content (AvgIpc) is 3.57. The minimum Gasteiger partial charge on any atom is -0.493 e. The Balaban J connectivity index is 1.57. The van der Waals surface area contributed by atoms with Gasteiger partial charge in [-0.3, -0.25) is 9.80 Å². The Morgan fingerprint density at radius 3 is 2.27 bits per heavy atom. The molecule has 1 N–H and O–H groups in total. The van der Waals surface area contributed by atoms with Crippen LogP contribution in [0.5, 0.6) is 28.7 Å². The van der Waals surface area contributed by atoms with Crippen LogP contribution in [-0.2, 0) is 4.79 Å². The van der Waals surface area contributed by atoms with Crippen LogP contribution in [0.3, 0.4) is 0 Å². The summed E-state index contributed by atoms with van der Waals surface area (Å²) in [6, 6.07) is 17.2. The molecule has 9 nitrogen and oxygen atoms in total. The third kappa shape index (κ3) is 3.61. The molecule has 0 spiro atoms. The maximum absolute atomic E-state index is 13.0. The number of ether oxygens (including phenoxy) is 5. The summed E-state index contributed by atoms with van der Waals surface area (Å²) in [5, 5.41) is 17.4. The van der Waals surface area contributed by atoms with Gasteiger partial charge in [-0.2, -0.15) is 5.10 Å². The number of methoxy groups -OCH3 is 3. The first kappa shape index (κ1) is 23.0. The van der Waals surface area contributed by atoms with Gasteiger partial charge in [-0.15, -0.1) is 0 Å². The smallest absolute Gasteiger partial charge is 0.308 e. The summed E-state index contributed by atoms with van der Waals surface area (Å²) < 4.78 is 28.1. The highest BCUT2D eigenvalue weighted by molar-refractivity contribution is 6.09. The molecule has 3 aliphatic rings. The van der Waals surface area contributed by atoms with Crippen molar-refractivity contribution < 1.29 is 33.6 Å². The molecule has 2 heterocycles. The number of nitrogens with zero attached hydrogens (tertiary/aromatic N) is 2. The Labute approximate surface area is 213 Å². The fourth-order valence-electron chi connectivity index (χ4n) is 5.66. The van der Waals surface area contributed by atoms with E-state index in [1.54, 1.807) is 14.2 Å². The molecular weight excluding hydrogens is 476 g/mol. The first-order valence-corrected chi connectivity index (χ1v) is 11.9. The van der Waals surface area contributed by atoms with Gasteiger partial charge in [0.25, 0.3) is 0 Å². The van der Waals surface area contributed by atoms with Crippen molar-refractivity contribution in [2.75, 3.05) is 39.7 Å². The molecule has 0 bridgehead atoms. The van der Waals surface area contributed by atoms with E-state index in [1.807, 2.05) is 59.6 Å². The zero-order valence-corrected chi connectivity index (χ0v) is 20.6. The standard InChI is InChI=1S/C28H26N2O7/c1-33-22-9-15(10-23(34-2)27(22)35-3)24-17-11-20-21(37-14-36-20)12-18(17)26-19(25(24)28(31)32)13-30(29-26)16-7-5-4-6-8-16/h4-12,19,24-25H,13-14H2,1-3H3,(H,31,32)/t19-,24+,25-/m0/s1. The third-order valence-corrected chi connectivity index (χ3v) is 7.28. The van der Waals surface area contributed by atoms with Crippen molar-refractivity contribution >= 4 is 17.4 Å². The van der Waals surface area contributed by atoms with Crippen molar-refractivity contribution in [2.24, 2.45) is 16.9 Å². The highest BCUT2D eigenvalue weighted by atomic mass is 16.7. The minimum absolute atomic E-state index is 0.113. The van der Waals surface area contributed by atoms with Crippen LogP contribution in [0.1, 0.15) is 22.6 Å². The van der Waals surface area contributed by atoms with Crippen molar-refractivity contribution in [3.8, 4) is 28.7 Å². The summed E-state index contributed by atoms with van der Waals surface area (Å²) in [6.07, 6.45) is 0. The van der Waals surface area contributed by atoms with Crippen molar-refractivity contribution in [2.45, 2.75) is 5.92 Å². The minimum atomic E-state index is -0.908. The van der Waals surface area contributed by atoms with Gasteiger partial charge in [0.1, 0.15) is 0 Å². The Morgan fingerprint density at radius 1 is 0.973 bits per heavy atom. The molecule has 0 unspecified atom stereocenters. The number of aliphatic carboxylic acids is 1. The van der Waals surface area contributed by atoms with E-state index in [4.69, 9.17) is 28.8 Å². The average molecular weight is 503 g/mol. The normalized spacial score (nSPS) is 21.1. The topological polar surface area (TPSA) is 99.1 Å². The molecule has 190 valence electrons. The van der Waals surface area contributed by atoms with Crippen LogP contribution in [0.4, 0.5) is 5.69 Å². The zero-order valence-electron chi connectivity index (χ0n) is 20.6. The van der Waals surface area contributed by atoms with E-state index in [0.29, 0.717) is 35.3 Å². The highest BCUT2D eigenvalue weighted by Gasteiger charge is 2.50. The number of carbonyl (C=O) groups is 1. The number of hydrazone groups is 1. The lowest BCUT2D eigenvalue weighted by Gasteiger charge is -2.36. The molecule has 3 aromatic carbocycles. The van der Waals surface area contributed by atoms with Crippen LogP contribution in [0.15, 0.2) is 59.7 Å². The fourth-order valence-corrected chi connectivity index (χ4v) is 5.66. The van der Waals surface area contributed by atoms with Crippen LogP contribution in [0.25, 0.3) is 0 Å². The Kier molecular flexibility index (Phi) is 5.55. The second-order valence-corrected chi connectivity index (χ2v) is 9.10. The molecular formula is C28H26N2O7. The number of fused-ring (bicyclic) bond motifs is 4. The maximum atomic E-state index is 13.0. The molecule has 0 aromatic heterocycles. The van der Waals surface area contributed by atoms with Crippen molar-refractivity contribution in [3.05, 3.63) is 71.3 Å². The molecule has 0 amide bonds. The van der Waals surface area contributed by atoms with Crippen LogP contribution in [0, 0.1) is 11.8 Å². The monoisotopic (exact) mass is 502 g/mol. The molecule has 0 fully saturated rings. The van der Waals surface area contributed by atoms with E-state index >= 15 is 0 Å². The summed E-state index contributed by atoms with van der Waals surface area (Å²) in [5.74, 6) is -0.0446. The number of hydrogen-bond acceptors (Lipinski definition) is 8. The summed E-state index contributed by atoms with van der Waals surface area (Å²) >= 11 is 0. The van der Waals surface area contributed by atoms with Crippen LogP contribution < -0.4 is 28.7 Å². The molecule has 3 atom stereocenters. The first-order chi connectivity index (χ1) is 18.0. The summed E-state index contributed by atoms with van der Waals surface area (Å²) in [7, 11) is 4.63.